The second kappa shape index (κ2) is 8.14. The highest BCUT2D eigenvalue weighted by Gasteiger charge is 2.25. The number of halogens is 1. The van der Waals surface area contributed by atoms with Gasteiger partial charge < -0.3 is 9.64 Å². The zero-order valence-corrected chi connectivity index (χ0v) is 14.6. The van der Waals surface area contributed by atoms with E-state index in [1.54, 1.807) is 4.90 Å². The Morgan fingerprint density at radius 3 is 2.65 bits per heavy atom. The van der Waals surface area contributed by atoms with Crippen molar-refractivity contribution in [1.29, 1.82) is 0 Å². The third kappa shape index (κ3) is 4.11. The lowest BCUT2D eigenvalue weighted by atomic mass is 10.1. The van der Waals surface area contributed by atoms with Crippen molar-refractivity contribution in [3.8, 4) is 0 Å². The van der Waals surface area contributed by atoms with Crippen LogP contribution in [-0.2, 0) is 14.3 Å². The van der Waals surface area contributed by atoms with Crippen molar-refractivity contribution >= 4 is 35.1 Å². The minimum atomic E-state index is -0.651. The first kappa shape index (κ1) is 18.1. The molecule has 0 fully saturated rings. The summed E-state index contributed by atoms with van der Waals surface area (Å²) in [6, 6.07) is 13.0. The highest BCUT2D eigenvalue weighted by atomic mass is 32.2. The summed E-state index contributed by atoms with van der Waals surface area (Å²) in [4.78, 5) is 38.5. The maximum absolute atomic E-state index is 13.5. The molecule has 0 N–H and O–H groups in total. The molecular weight excluding hydrogens is 357 g/mol. The Kier molecular flexibility index (Phi) is 5.68. The van der Waals surface area contributed by atoms with Gasteiger partial charge >= 0.3 is 5.97 Å². The number of hydrogen-bond acceptors (Lipinski definition) is 5. The Hall–Kier alpha value is -2.67. The van der Waals surface area contributed by atoms with Gasteiger partial charge in [-0.2, -0.15) is 0 Å². The summed E-state index contributed by atoms with van der Waals surface area (Å²) < 4.78 is 18.5. The standard InChI is InChI=1S/C19H16FNO4S/c20-14-6-2-1-5-13(14)16(22)11-25-19(24)9-10-21-15-7-3-4-8-17(15)26-12-18(21)23/h1-8H,9-12H2. The highest BCUT2D eigenvalue weighted by Crippen LogP contribution is 2.34. The number of thioether (sulfide) groups is 1. The van der Waals surface area contributed by atoms with Gasteiger partial charge in [0.05, 0.1) is 23.4 Å². The normalized spacial score (nSPS) is 13.3. The van der Waals surface area contributed by atoms with Gasteiger partial charge in [-0.3, -0.25) is 14.4 Å². The Morgan fingerprint density at radius 1 is 1.12 bits per heavy atom. The van der Waals surface area contributed by atoms with Crippen LogP contribution in [0.1, 0.15) is 16.8 Å². The number of nitrogens with zero attached hydrogens (tertiary/aromatic N) is 1. The number of carbonyl (C=O) groups is 3. The number of carbonyl (C=O) groups excluding carboxylic acids is 3. The first-order chi connectivity index (χ1) is 12.6. The first-order valence-electron chi connectivity index (χ1n) is 8.02. The minimum absolute atomic E-state index is 0.0463. The number of amides is 1. The average Bonchev–Trinajstić information content (AvgIpc) is 2.65. The number of ether oxygens (including phenoxy) is 1. The third-order valence-electron chi connectivity index (χ3n) is 3.89. The van der Waals surface area contributed by atoms with Crippen LogP contribution in [0.15, 0.2) is 53.4 Å². The molecule has 0 radical (unpaired) electrons. The molecule has 1 aliphatic heterocycles. The van der Waals surface area contributed by atoms with Gasteiger partial charge in [-0.25, -0.2) is 4.39 Å². The van der Waals surface area contributed by atoms with E-state index >= 15 is 0 Å². The Balaban J connectivity index is 1.54. The van der Waals surface area contributed by atoms with E-state index in [1.165, 1.54) is 36.0 Å². The highest BCUT2D eigenvalue weighted by molar-refractivity contribution is 8.00. The summed E-state index contributed by atoms with van der Waals surface area (Å²) in [6.45, 7) is -0.358. The topological polar surface area (TPSA) is 63.7 Å². The van der Waals surface area contributed by atoms with Crippen LogP contribution in [0.5, 0.6) is 0 Å². The fourth-order valence-electron chi connectivity index (χ4n) is 2.59. The molecule has 0 spiro atoms. The third-order valence-corrected chi connectivity index (χ3v) is 4.93. The van der Waals surface area contributed by atoms with Crippen molar-refractivity contribution < 1.29 is 23.5 Å². The maximum atomic E-state index is 13.5. The molecule has 0 atom stereocenters. The molecule has 26 heavy (non-hydrogen) atoms. The molecule has 1 heterocycles. The largest absolute Gasteiger partial charge is 0.457 e. The number of hydrogen-bond donors (Lipinski definition) is 0. The lowest BCUT2D eigenvalue weighted by Crippen LogP contribution is -2.37. The van der Waals surface area contributed by atoms with Crippen molar-refractivity contribution in [2.45, 2.75) is 11.3 Å². The van der Waals surface area contributed by atoms with Crippen molar-refractivity contribution in [2.75, 3.05) is 23.8 Å². The van der Waals surface area contributed by atoms with E-state index in [4.69, 9.17) is 4.74 Å². The van der Waals surface area contributed by atoms with E-state index in [-0.39, 0.29) is 24.4 Å². The first-order valence-corrected chi connectivity index (χ1v) is 9.00. The van der Waals surface area contributed by atoms with Gasteiger partial charge in [-0.1, -0.05) is 24.3 Å². The number of anilines is 1. The van der Waals surface area contributed by atoms with Crippen LogP contribution in [0.3, 0.4) is 0 Å². The van der Waals surface area contributed by atoms with Gasteiger partial charge in [0.1, 0.15) is 5.82 Å². The molecule has 3 rings (SSSR count). The SMILES string of the molecule is O=C(CCN1C(=O)CSc2ccccc21)OCC(=O)c1ccccc1F. The van der Waals surface area contributed by atoms with Gasteiger partial charge in [0, 0.05) is 11.4 Å². The van der Waals surface area contributed by atoms with Crippen LogP contribution in [-0.4, -0.2) is 36.6 Å². The van der Waals surface area contributed by atoms with E-state index < -0.39 is 24.2 Å². The van der Waals surface area contributed by atoms with Crippen molar-refractivity contribution in [2.24, 2.45) is 0 Å². The molecule has 1 amide bonds. The zero-order chi connectivity index (χ0) is 18.5. The number of para-hydroxylation sites is 1. The maximum Gasteiger partial charge on any atom is 0.308 e. The molecule has 0 bridgehead atoms. The van der Waals surface area contributed by atoms with E-state index in [0.29, 0.717) is 5.75 Å². The number of ketones is 1. The molecule has 7 heteroatoms. The predicted octanol–water partition coefficient (Wildman–Crippen LogP) is 3.08. The Labute approximate surface area is 154 Å². The molecule has 134 valence electrons. The predicted molar refractivity (Wildman–Crippen MR) is 95.8 cm³/mol. The van der Waals surface area contributed by atoms with Crippen molar-refractivity contribution in [3.05, 3.63) is 59.9 Å². The summed E-state index contributed by atoms with van der Waals surface area (Å²) in [5.74, 6) is -1.63. The fourth-order valence-corrected chi connectivity index (χ4v) is 3.52. The molecule has 5 nitrogen and oxygen atoms in total. The summed E-state index contributed by atoms with van der Waals surface area (Å²) in [6.07, 6.45) is -0.0463. The Bertz CT molecular complexity index is 855. The van der Waals surface area contributed by atoms with Crippen LogP contribution in [0.25, 0.3) is 0 Å². The number of rotatable bonds is 6. The summed E-state index contributed by atoms with van der Waals surface area (Å²) >= 11 is 1.46. The summed E-state index contributed by atoms with van der Waals surface area (Å²) in [5, 5.41) is 0. The van der Waals surface area contributed by atoms with E-state index in [0.717, 1.165) is 10.6 Å². The zero-order valence-electron chi connectivity index (χ0n) is 13.8. The summed E-state index contributed by atoms with van der Waals surface area (Å²) in [7, 11) is 0. The van der Waals surface area contributed by atoms with Crippen LogP contribution in [0, 0.1) is 5.82 Å². The monoisotopic (exact) mass is 373 g/mol. The number of esters is 1. The fraction of sp³-hybridized carbons (Fsp3) is 0.211. The van der Waals surface area contributed by atoms with Crippen molar-refractivity contribution in [1.82, 2.24) is 0 Å². The van der Waals surface area contributed by atoms with Crippen molar-refractivity contribution in [3.63, 3.8) is 0 Å². The number of Topliss-reactive ketones (excluding diaryl/α,β-unsaturated/α-hetero) is 1. The molecule has 0 aliphatic carbocycles. The van der Waals surface area contributed by atoms with Gasteiger partial charge in [-0.15, -0.1) is 11.8 Å². The van der Waals surface area contributed by atoms with E-state index in [1.807, 2.05) is 24.3 Å². The van der Waals surface area contributed by atoms with Crippen LogP contribution < -0.4 is 4.90 Å². The van der Waals surface area contributed by atoms with Crippen LogP contribution >= 0.6 is 11.8 Å². The second-order valence-corrected chi connectivity index (χ2v) is 6.63. The molecule has 2 aromatic rings. The van der Waals surface area contributed by atoms with Crippen LogP contribution in [0.4, 0.5) is 10.1 Å². The lowest BCUT2D eigenvalue weighted by Gasteiger charge is -2.28. The van der Waals surface area contributed by atoms with E-state index in [9.17, 15) is 18.8 Å². The molecular formula is C19H16FNO4S. The number of benzene rings is 2. The molecule has 0 aromatic heterocycles. The molecule has 2 aromatic carbocycles. The molecule has 0 saturated heterocycles. The average molecular weight is 373 g/mol. The summed E-state index contributed by atoms with van der Waals surface area (Å²) in [5.41, 5.74) is 0.654. The van der Waals surface area contributed by atoms with E-state index in [2.05, 4.69) is 0 Å². The smallest absolute Gasteiger partial charge is 0.308 e. The molecule has 0 saturated carbocycles. The lowest BCUT2D eigenvalue weighted by molar-refractivity contribution is -0.142. The molecule has 1 aliphatic rings. The second-order valence-electron chi connectivity index (χ2n) is 5.62. The quantitative estimate of drug-likeness (QED) is 0.575. The number of fused-ring (bicyclic) bond motifs is 1. The van der Waals surface area contributed by atoms with Gasteiger partial charge in [0.25, 0.3) is 0 Å². The van der Waals surface area contributed by atoms with Gasteiger partial charge in [-0.05, 0) is 24.3 Å². The molecule has 0 unspecified atom stereocenters. The van der Waals surface area contributed by atoms with Gasteiger partial charge in [0.15, 0.2) is 6.61 Å². The van der Waals surface area contributed by atoms with Gasteiger partial charge in [0.2, 0.25) is 11.7 Å². The Morgan fingerprint density at radius 2 is 1.85 bits per heavy atom. The minimum Gasteiger partial charge on any atom is -0.457 e. The van der Waals surface area contributed by atoms with Crippen LogP contribution in [0.2, 0.25) is 0 Å².